The first kappa shape index (κ1) is 33.0. The van der Waals surface area contributed by atoms with Gasteiger partial charge in [0.05, 0.1) is 0 Å². The van der Waals surface area contributed by atoms with Crippen molar-refractivity contribution >= 4 is 63.1 Å². The average molecular weight is 703 g/mol. The Labute approximate surface area is 321 Å². The number of benzene rings is 5. The molecule has 0 spiro atoms. The molecule has 6 aliphatic carbocycles. The molecular weight excluding hydrogens is 649 g/mol. The first-order valence-electron chi connectivity index (χ1n) is 21.1. The first-order chi connectivity index (χ1) is 26.0. The molecule has 0 aliphatic heterocycles. The fourth-order valence-electron chi connectivity index (χ4n) is 11.7. The van der Waals surface area contributed by atoms with Gasteiger partial charge in [-0.25, -0.2) is 0 Å². The molecule has 0 heterocycles. The summed E-state index contributed by atoms with van der Waals surface area (Å²) in [6.07, 6.45) is 23.6. The van der Waals surface area contributed by atoms with Crippen LogP contribution in [0.5, 0.6) is 0 Å². The molecule has 5 aromatic rings. The standard InChI is InChI=1S/C54H54/c1-53(2,3)41-27-37-11-7-31-13-19-45(47-23-17-39(29-41)49(37)51(31)47)35-15-21-43-33(25-35)9-10-34-26-36(16-22-44(34)43)46-20-14-32-8-12-38-28-42(54(4,5)6)30-40-18-24-48(46)52(32)50(38)40/h7,9-13,18-19,23-28,30,32,39,41H,8,14-17,20-22,29H2,1-6H3. The molecule has 0 amide bonds. The van der Waals surface area contributed by atoms with E-state index < -0.39 is 0 Å². The highest BCUT2D eigenvalue weighted by atomic mass is 14.4. The maximum absolute atomic E-state index is 2.61. The first-order valence-corrected chi connectivity index (χ1v) is 21.1. The van der Waals surface area contributed by atoms with Gasteiger partial charge in [-0.1, -0.05) is 133 Å². The number of rotatable bonds is 2. The third kappa shape index (κ3) is 4.94. The van der Waals surface area contributed by atoms with Gasteiger partial charge < -0.3 is 0 Å². The van der Waals surface area contributed by atoms with Crippen LogP contribution in [0, 0.1) is 11.3 Å². The van der Waals surface area contributed by atoms with E-state index in [-0.39, 0.29) is 5.41 Å². The average Bonchev–Trinajstić information content (AvgIpc) is 3.17. The number of hydrogen-bond donors (Lipinski definition) is 0. The van der Waals surface area contributed by atoms with Crippen LogP contribution < -0.4 is 20.9 Å². The summed E-state index contributed by atoms with van der Waals surface area (Å²) in [6, 6.07) is 24.4. The maximum Gasteiger partial charge on any atom is -0.00676 e. The second-order valence-corrected chi connectivity index (χ2v) is 19.8. The monoisotopic (exact) mass is 702 g/mol. The Kier molecular flexibility index (Phi) is 7.05. The maximum atomic E-state index is 2.61. The van der Waals surface area contributed by atoms with E-state index in [1.807, 2.05) is 0 Å². The molecule has 270 valence electrons. The molecule has 0 N–H and O–H groups in total. The second-order valence-electron chi connectivity index (χ2n) is 19.8. The van der Waals surface area contributed by atoms with Crippen LogP contribution in [0.4, 0.5) is 0 Å². The summed E-state index contributed by atoms with van der Waals surface area (Å²) in [5.74, 6) is 1.93. The lowest BCUT2D eigenvalue weighted by molar-refractivity contribution is 0.274. The predicted molar refractivity (Wildman–Crippen MR) is 232 cm³/mol. The molecule has 3 unspecified atom stereocenters. The van der Waals surface area contributed by atoms with Gasteiger partial charge in [-0.05, 0) is 190 Å². The van der Waals surface area contributed by atoms with Crippen molar-refractivity contribution in [3.05, 3.63) is 132 Å². The lowest BCUT2D eigenvalue weighted by Gasteiger charge is -2.36. The van der Waals surface area contributed by atoms with Crippen molar-refractivity contribution in [2.75, 3.05) is 0 Å². The Morgan fingerprint density at radius 2 is 1.31 bits per heavy atom. The van der Waals surface area contributed by atoms with Gasteiger partial charge in [-0.3, -0.25) is 0 Å². The number of allylic oxidation sites excluding steroid dienone is 2. The Bertz CT molecular complexity index is 2820. The zero-order valence-electron chi connectivity index (χ0n) is 33.3. The van der Waals surface area contributed by atoms with Crippen molar-refractivity contribution in [1.29, 1.82) is 0 Å². The third-order valence-corrected chi connectivity index (χ3v) is 14.7. The SMILES string of the molecule is CC(C)(C)c1cc2c3c4c(ccc3c1)=C(C1=Cc3ccc5c(c3CC1)CCC(c1ccc3ccc6c7c3c1=CCC7CC(C(C)(C)C)C=6)=C5)CCC4CC=2. The van der Waals surface area contributed by atoms with Crippen LogP contribution >= 0.6 is 0 Å². The summed E-state index contributed by atoms with van der Waals surface area (Å²) >= 11 is 0. The van der Waals surface area contributed by atoms with E-state index in [1.165, 1.54) is 97.1 Å². The van der Waals surface area contributed by atoms with E-state index in [0.717, 1.165) is 25.7 Å². The zero-order valence-corrected chi connectivity index (χ0v) is 33.3. The van der Waals surface area contributed by atoms with Gasteiger partial charge in [0.15, 0.2) is 0 Å². The van der Waals surface area contributed by atoms with Crippen LogP contribution in [0.2, 0.25) is 0 Å². The Morgan fingerprint density at radius 3 is 2.09 bits per heavy atom. The van der Waals surface area contributed by atoms with Crippen molar-refractivity contribution in [2.24, 2.45) is 11.3 Å². The molecule has 0 saturated heterocycles. The predicted octanol–water partition coefficient (Wildman–Crippen LogP) is 11.1. The normalized spacial score (nSPS) is 22.4. The highest BCUT2D eigenvalue weighted by Gasteiger charge is 2.33. The number of hydrogen-bond acceptors (Lipinski definition) is 0. The van der Waals surface area contributed by atoms with Gasteiger partial charge in [0.25, 0.3) is 0 Å². The Balaban J connectivity index is 0.979. The summed E-state index contributed by atoms with van der Waals surface area (Å²) in [4.78, 5) is 0. The Morgan fingerprint density at radius 1 is 0.593 bits per heavy atom. The fraction of sp³-hybridized carbons (Fsp3) is 0.370. The van der Waals surface area contributed by atoms with E-state index in [2.05, 4.69) is 133 Å². The van der Waals surface area contributed by atoms with Crippen LogP contribution in [-0.2, 0) is 18.3 Å². The molecule has 0 bridgehead atoms. The smallest absolute Gasteiger partial charge is 0.00676 e. The highest BCUT2D eigenvalue weighted by molar-refractivity contribution is 5.96. The molecule has 5 aromatic carbocycles. The lowest BCUT2D eigenvalue weighted by Crippen LogP contribution is -2.33. The van der Waals surface area contributed by atoms with E-state index in [1.54, 1.807) is 38.6 Å². The van der Waals surface area contributed by atoms with Gasteiger partial charge in [0.2, 0.25) is 0 Å². The molecule has 0 aromatic heterocycles. The van der Waals surface area contributed by atoms with E-state index >= 15 is 0 Å². The molecule has 0 radical (unpaired) electrons. The molecular formula is C54H54. The van der Waals surface area contributed by atoms with Gasteiger partial charge in [-0.15, -0.1) is 0 Å². The van der Waals surface area contributed by atoms with Gasteiger partial charge in [-0.2, -0.15) is 0 Å². The van der Waals surface area contributed by atoms with Crippen molar-refractivity contribution in [2.45, 2.75) is 117 Å². The van der Waals surface area contributed by atoms with E-state index in [4.69, 9.17) is 0 Å². The molecule has 54 heavy (non-hydrogen) atoms. The fourth-order valence-corrected chi connectivity index (χ4v) is 11.7. The van der Waals surface area contributed by atoms with Crippen molar-refractivity contribution in [3.63, 3.8) is 0 Å². The van der Waals surface area contributed by atoms with Crippen LogP contribution in [0.15, 0.2) is 66.2 Å². The van der Waals surface area contributed by atoms with Crippen LogP contribution in [0.1, 0.15) is 143 Å². The largest absolute Gasteiger partial charge is 0.0760 e. The lowest BCUT2D eigenvalue weighted by atomic mass is 9.68. The summed E-state index contributed by atoms with van der Waals surface area (Å²) in [6.45, 7) is 14.3. The van der Waals surface area contributed by atoms with Crippen molar-refractivity contribution in [3.8, 4) is 0 Å². The van der Waals surface area contributed by atoms with Gasteiger partial charge in [0.1, 0.15) is 0 Å². The summed E-state index contributed by atoms with van der Waals surface area (Å²) in [7, 11) is 0. The minimum Gasteiger partial charge on any atom is -0.0760 e. The second kappa shape index (κ2) is 11.6. The molecule has 0 heteroatoms. The van der Waals surface area contributed by atoms with Crippen LogP contribution in [-0.4, -0.2) is 0 Å². The topological polar surface area (TPSA) is 0 Å². The minimum absolute atomic E-state index is 0.156. The van der Waals surface area contributed by atoms with Gasteiger partial charge >= 0.3 is 0 Å². The van der Waals surface area contributed by atoms with Crippen LogP contribution in [0.25, 0.3) is 63.1 Å². The summed E-state index contributed by atoms with van der Waals surface area (Å²) in [5, 5.41) is 11.9. The quantitative estimate of drug-likeness (QED) is 0.172. The molecule has 0 fully saturated rings. The van der Waals surface area contributed by atoms with Crippen LogP contribution in [0.3, 0.4) is 0 Å². The summed E-state index contributed by atoms with van der Waals surface area (Å²) < 4.78 is 0. The molecule has 6 aliphatic rings. The zero-order chi connectivity index (χ0) is 36.7. The minimum atomic E-state index is 0.156. The number of fused-ring (bicyclic) bond motifs is 3. The molecule has 3 atom stereocenters. The van der Waals surface area contributed by atoms with Crippen molar-refractivity contribution < 1.29 is 0 Å². The summed E-state index contributed by atoms with van der Waals surface area (Å²) in [5.41, 5.74) is 17.5. The molecule has 11 rings (SSSR count). The van der Waals surface area contributed by atoms with Gasteiger partial charge in [0, 0.05) is 0 Å². The van der Waals surface area contributed by atoms with Crippen molar-refractivity contribution in [1.82, 2.24) is 0 Å². The molecule has 0 nitrogen and oxygen atoms in total. The highest BCUT2D eigenvalue weighted by Crippen LogP contribution is 2.44. The Hall–Kier alpha value is -4.42. The van der Waals surface area contributed by atoms with E-state index in [0.29, 0.717) is 23.2 Å². The molecule has 0 saturated carbocycles. The third-order valence-electron chi connectivity index (χ3n) is 14.7. The van der Waals surface area contributed by atoms with E-state index in [9.17, 15) is 0 Å².